The summed E-state index contributed by atoms with van der Waals surface area (Å²) < 4.78 is 34.8. The third-order valence-electron chi connectivity index (χ3n) is 12.4. The van der Waals surface area contributed by atoms with Crippen LogP contribution in [0.25, 0.3) is 0 Å². The first-order valence-corrected chi connectivity index (χ1v) is 25.9. The van der Waals surface area contributed by atoms with Gasteiger partial charge in [-0.25, -0.2) is 4.57 Å². The molecule has 1 heterocycles. The van der Waals surface area contributed by atoms with Gasteiger partial charge in [-0.3, -0.25) is 18.6 Å². The molecule has 0 aromatic heterocycles. The van der Waals surface area contributed by atoms with Crippen molar-refractivity contribution < 1.29 is 78.4 Å². The predicted molar refractivity (Wildman–Crippen MR) is 242 cm³/mol. The van der Waals surface area contributed by atoms with Crippen molar-refractivity contribution in [2.45, 2.75) is 235 Å². The normalized spacial score (nSPS) is 32.7. The number of carbonyl (C=O) groups is 2. The molecule has 1 saturated heterocycles. The Morgan fingerprint density at radius 1 is 0.734 bits per heavy atom. The van der Waals surface area contributed by atoms with Crippen molar-refractivity contribution in [3.63, 3.8) is 0 Å². The molecule has 0 aromatic carbocycles. The number of carbonyl (C=O) groups excluding carboxylic acids is 2. The average Bonchev–Trinajstić information content (AvgIpc) is 3.26. The van der Waals surface area contributed by atoms with E-state index in [-0.39, 0.29) is 19.3 Å². The molecule has 0 radical (unpaired) electrons. The number of aliphatic hydroxyl groups excluding tert-OH is 8. The number of unbranched alkanes of at least 4 members (excludes halogenated alkanes) is 13. The van der Waals surface area contributed by atoms with Gasteiger partial charge < -0.3 is 55.2 Å². The fourth-order valence-corrected chi connectivity index (χ4v) is 9.29. The fourth-order valence-electron chi connectivity index (χ4n) is 8.32. The van der Waals surface area contributed by atoms with E-state index in [9.17, 15) is 59.9 Å². The third kappa shape index (κ3) is 23.8. The Morgan fingerprint density at radius 2 is 1.33 bits per heavy atom. The summed E-state index contributed by atoms with van der Waals surface area (Å²) in [5.41, 5.74) is 0. The minimum atomic E-state index is -5.43. The highest BCUT2D eigenvalue weighted by molar-refractivity contribution is 7.47. The molecule has 17 heteroatoms. The summed E-state index contributed by atoms with van der Waals surface area (Å²) in [6, 6.07) is 0. The van der Waals surface area contributed by atoms with Crippen LogP contribution < -0.4 is 0 Å². The van der Waals surface area contributed by atoms with E-state index in [0.29, 0.717) is 44.9 Å². The van der Waals surface area contributed by atoms with Gasteiger partial charge in [-0.15, -0.1) is 0 Å². The number of ether oxygens (including phenoxy) is 2. The van der Waals surface area contributed by atoms with E-state index in [0.717, 1.165) is 51.4 Å². The molecule has 0 spiro atoms. The molecule has 2 rings (SSSR count). The van der Waals surface area contributed by atoms with Gasteiger partial charge in [0, 0.05) is 31.1 Å². The van der Waals surface area contributed by atoms with Gasteiger partial charge in [0.2, 0.25) is 0 Å². The van der Waals surface area contributed by atoms with Gasteiger partial charge in [0.1, 0.15) is 31.0 Å². The SMILES string of the molecule is CCCCCCCC/C=C\CCCCCCCC(=O)O[C@@H]1COC(=O)CCCCCC[C@@H]2[C@@H](O)[C@H](O)[C@@H](O)[C@H](OP(=O)(O)OC1)[C@H](O)[C@H](O)[C@@H](/C=C/[C@@H](O)CCCCC)[C@H](O)C[C@@H]2O. The van der Waals surface area contributed by atoms with Crippen molar-refractivity contribution in [3.05, 3.63) is 24.3 Å². The molecule has 64 heavy (non-hydrogen) atoms. The maximum Gasteiger partial charge on any atom is 0.472 e. The van der Waals surface area contributed by atoms with E-state index in [1.54, 1.807) is 0 Å². The van der Waals surface area contributed by atoms with Gasteiger partial charge in [-0.1, -0.05) is 128 Å². The van der Waals surface area contributed by atoms with E-state index in [1.165, 1.54) is 50.7 Å². The van der Waals surface area contributed by atoms with Gasteiger partial charge in [-0.05, 0) is 51.4 Å². The molecule has 0 aromatic rings. The second-order valence-electron chi connectivity index (χ2n) is 17.9. The third-order valence-corrected chi connectivity index (χ3v) is 13.3. The lowest BCUT2D eigenvalue weighted by Crippen LogP contribution is -2.55. The number of esters is 2. The highest BCUT2D eigenvalue weighted by Crippen LogP contribution is 2.47. The summed E-state index contributed by atoms with van der Waals surface area (Å²) in [7, 11) is -5.43. The van der Waals surface area contributed by atoms with Crippen LogP contribution in [0.5, 0.6) is 0 Å². The number of rotatable bonds is 22. The summed E-state index contributed by atoms with van der Waals surface area (Å²) in [6.07, 6.45) is 6.60. The number of cyclic esters (lactones) is 1. The summed E-state index contributed by atoms with van der Waals surface area (Å²) in [5, 5.41) is 90.2. The molecular formula is C47H85O16P. The van der Waals surface area contributed by atoms with Crippen LogP contribution in [0.2, 0.25) is 0 Å². The number of phosphoric acid groups is 1. The molecule has 0 amide bonds. The zero-order valence-corrected chi connectivity index (χ0v) is 39.6. The van der Waals surface area contributed by atoms with Crippen LogP contribution in [-0.4, -0.2) is 132 Å². The number of phosphoric ester groups is 1. The topological polar surface area (TPSA) is 270 Å². The molecule has 16 nitrogen and oxygen atoms in total. The zero-order valence-electron chi connectivity index (χ0n) is 38.7. The van der Waals surface area contributed by atoms with E-state index in [1.807, 2.05) is 6.92 Å². The number of hydrogen-bond acceptors (Lipinski definition) is 15. The summed E-state index contributed by atoms with van der Waals surface area (Å²) >= 11 is 0. The smallest absolute Gasteiger partial charge is 0.462 e. The maximum atomic E-state index is 13.5. The van der Waals surface area contributed by atoms with E-state index >= 15 is 0 Å². The Labute approximate surface area is 382 Å². The highest BCUT2D eigenvalue weighted by Gasteiger charge is 2.49. The lowest BCUT2D eigenvalue weighted by atomic mass is 9.82. The Balaban J connectivity index is 2.19. The van der Waals surface area contributed by atoms with E-state index < -0.39 is 112 Å². The van der Waals surface area contributed by atoms with Crippen LogP contribution in [0, 0.1) is 11.8 Å². The van der Waals surface area contributed by atoms with Crippen LogP contribution in [0.4, 0.5) is 0 Å². The molecule has 9 N–H and O–H groups in total. The van der Waals surface area contributed by atoms with Crippen molar-refractivity contribution >= 4 is 19.8 Å². The van der Waals surface area contributed by atoms with Crippen molar-refractivity contribution in [1.82, 2.24) is 0 Å². The lowest BCUT2D eigenvalue weighted by Gasteiger charge is -2.37. The Hall–Kier alpha value is -1.79. The minimum absolute atomic E-state index is 0.00786. The first-order valence-electron chi connectivity index (χ1n) is 24.4. The first-order chi connectivity index (χ1) is 30.6. The number of fused-ring (bicyclic) bond motifs is 4. The van der Waals surface area contributed by atoms with Crippen LogP contribution in [0.15, 0.2) is 24.3 Å². The number of allylic oxidation sites excluding steroid dienone is 2. The summed E-state index contributed by atoms with van der Waals surface area (Å²) in [6.45, 7) is 2.84. The molecule has 1 unspecified atom stereocenters. The van der Waals surface area contributed by atoms with Gasteiger partial charge in [-0.2, -0.15) is 0 Å². The van der Waals surface area contributed by atoms with Crippen molar-refractivity contribution in [3.8, 4) is 0 Å². The van der Waals surface area contributed by atoms with Gasteiger partial charge in [0.25, 0.3) is 0 Å². The standard InChI is InChI=1S/C47H85O16P/c1-3-5-7-8-9-10-11-12-13-14-15-16-17-18-24-28-41(52)62-35-32-60-40(51)27-23-20-19-22-26-36-38(49)31-39(50)37(30-29-34(48)25-21-6-4-2)43(54)45(56)47(46(57)44(55)42(36)53)63-64(58,59)61-33-35/h12-13,29-30,34-39,42-50,53-57H,3-11,14-28,31-33H2,1-2H3,(H,58,59)/b13-12-,30-29+/t34-,35+,36-,37-,38-,39+,42+,43+,44-,45+,46+,47+/m0/s1. The Kier molecular flexibility index (Phi) is 30.7. The van der Waals surface area contributed by atoms with Gasteiger partial charge in [0.05, 0.1) is 37.1 Å². The molecule has 13 atom stereocenters. The monoisotopic (exact) mass is 937 g/mol. The maximum absolute atomic E-state index is 13.5. The molecule has 2 aliphatic rings. The van der Waals surface area contributed by atoms with Gasteiger partial charge >= 0.3 is 19.8 Å². The second-order valence-corrected chi connectivity index (χ2v) is 19.3. The van der Waals surface area contributed by atoms with Crippen LogP contribution >= 0.6 is 7.82 Å². The first kappa shape index (κ1) is 58.3. The van der Waals surface area contributed by atoms with Gasteiger partial charge in [0.15, 0.2) is 6.10 Å². The fraction of sp³-hybridized carbons (Fsp3) is 0.872. The molecule has 1 aliphatic carbocycles. The Bertz CT molecular complexity index is 1350. The largest absolute Gasteiger partial charge is 0.472 e. The lowest BCUT2D eigenvalue weighted by molar-refractivity contribution is -0.167. The van der Waals surface area contributed by atoms with Crippen LogP contribution in [-0.2, 0) is 32.7 Å². The highest BCUT2D eigenvalue weighted by atomic mass is 31.2. The quantitative estimate of drug-likeness (QED) is 0.0261. The molecule has 2 fully saturated rings. The second kappa shape index (κ2) is 33.6. The van der Waals surface area contributed by atoms with Crippen molar-refractivity contribution in [2.75, 3.05) is 13.2 Å². The molecule has 2 bridgehead atoms. The minimum Gasteiger partial charge on any atom is -0.462 e. The summed E-state index contributed by atoms with van der Waals surface area (Å²) in [5.74, 6) is -3.90. The summed E-state index contributed by atoms with van der Waals surface area (Å²) in [4.78, 5) is 36.5. The van der Waals surface area contributed by atoms with Crippen molar-refractivity contribution in [2.24, 2.45) is 11.8 Å². The molecule has 374 valence electrons. The number of hydrogen-bond donors (Lipinski definition) is 9. The van der Waals surface area contributed by atoms with Crippen molar-refractivity contribution in [1.29, 1.82) is 0 Å². The molecule has 1 aliphatic heterocycles. The molecule has 1 saturated carbocycles. The van der Waals surface area contributed by atoms with E-state index in [4.69, 9.17) is 18.5 Å². The van der Waals surface area contributed by atoms with E-state index in [2.05, 4.69) is 19.1 Å². The zero-order chi connectivity index (χ0) is 47.3. The average molecular weight is 937 g/mol. The molecular weight excluding hydrogens is 851 g/mol. The Morgan fingerprint density at radius 3 is 2.00 bits per heavy atom. The van der Waals surface area contributed by atoms with Crippen LogP contribution in [0.3, 0.4) is 0 Å². The number of aliphatic hydroxyl groups is 8. The predicted octanol–water partition coefficient (Wildman–Crippen LogP) is 6.00. The van der Waals surface area contributed by atoms with Crippen LogP contribution in [0.1, 0.15) is 174 Å².